The molecule has 0 saturated heterocycles. The number of carbonyl (C=O) groups is 8. The first kappa shape index (κ1) is 93.8. The van der Waals surface area contributed by atoms with Gasteiger partial charge in [-0.2, -0.15) is 0 Å². The number of carbonyl (C=O) groups excluding carboxylic acids is 8. The molecule has 14 aliphatic rings. The number of hydrogen-bond acceptors (Lipinski definition) is 16. The average molecular weight is 1420 g/mol. The quantitative estimate of drug-likeness (QED) is 0.0772. The molecule has 11 unspecified atom stereocenters. The van der Waals surface area contributed by atoms with E-state index in [-0.39, 0.29) is 196 Å². The third-order valence-electron chi connectivity index (χ3n) is 26.5. The highest BCUT2D eigenvalue weighted by molar-refractivity contribution is 5.80. The molecule has 0 aliphatic heterocycles. The predicted molar refractivity (Wildman–Crippen MR) is 400 cm³/mol. The van der Waals surface area contributed by atoms with Gasteiger partial charge in [0, 0.05) is 11.8 Å². The van der Waals surface area contributed by atoms with Gasteiger partial charge in [0.05, 0.1) is 35.0 Å². The first-order valence-electron chi connectivity index (χ1n) is 37.2. The first-order valence-corrected chi connectivity index (χ1v) is 37.2. The second-order valence-electron chi connectivity index (χ2n) is 33.2. The van der Waals surface area contributed by atoms with Crippen LogP contribution in [0.4, 0.5) is 0 Å². The van der Waals surface area contributed by atoms with Crippen LogP contribution in [-0.2, 0) is 76.3 Å². The van der Waals surface area contributed by atoms with Crippen LogP contribution in [0.2, 0.25) is 0 Å². The van der Waals surface area contributed by atoms with E-state index in [4.69, 9.17) is 37.9 Å². The van der Waals surface area contributed by atoms with Gasteiger partial charge in [0.15, 0.2) is 13.2 Å². The molecule has 16 nitrogen and oxygen atoms in total. The monoisotopic (exact) mass is 1420 g/mol. The van der Waals surface area contributed by atoms with E-state index in [2.05, 4.69) is 27.7 Å². The van der Waals surface area contributed by atoms with Crippen LogP contribution in [-0.4, -0.2) is 95.6 Å². The van der Waals surface area contributed by atoms with Gasteiger partial charge in [0.1, 0.15) is 34.6 Å². The summed E-state index contributed by atoms with van der Waals surface area (Å²) in [6.07, 6.45) is 30.3. The van der Waals surface area contributed by atoms with E-state index >= 15 is 0 Å². The molecule has 12 bridgehead atoms. The third-order valence-corrected chi connectivity index (χ3v) is 26.5. The normalized spacial score (nSPS) is 34.4. The van der Waals surface area contributed by atoms with Crippen molar-refractivity contribution in [3.8, 4) is 0 Å². The molecule has 16 heteroatoms. The standard InChI is InChI=1S/C20H32O4.2C19H30O4.C18H28O4.8CH4/c1-4-13(3)18(21)23-17-12-14-10-15(17)16(11-14)19(22)24-20(5-2)8-6-7-9-20;1-5-18(2,3)17(21)22-11-16(20)23-19(4)14-7-12-6-13(9-14)10-15(19)8-12;1-4-12(2)17(20)22-16-11-13-9-14(16)15(10-13)18(21)23-19(3)7-5-6-8-19;1-4-11(2)17(20)21-10-16(19)22-18(3)14-6-12-5-13(8-14)9-15(18)7-12;;;;;;;;/h13-17H,4-12H2,1-3H3;12-15H,5-11H2,1-4H3;12-16H,4-11H2,1-3H3;11-15H,4-10H2,1-3H3;8*1H4. The highest BCUT2D eigenvalue weighted by Gasteiger charge is 2.60. The van der Waals surface area contributed by atoms with Crippen molar-refractivity contribution in [2.24, 2.45) is 106 Å². The van der Waals surface area contributed by atoms with Gasteiger partial charge in [-0.1, -0.05) is 115 Å². The summed E-state index contributed by atoms with van der Waals surface area (Å²) in [5.74, 6) is 4.60. The van der Waals surface area contributed by atoms with Crippen molar-refractivity contribution in [3.05, 3.63) is 0 Å². The van der Waals surface area contributed by atoms with E-state index in [1.54, 1.807) is 0 Å². The summed E-state index contributed by atoms with van der Waals surface area (Å²) < 4.78 is 45.4. The van der Waals surface area contributed by atoms with Crippen LogP contribution >= 0.6 is 0 Å². The molecule has 0 heterocycles. The van der Waals surface area contributed by atoms with Gasteiger partial charge in [0.25, 0.3) is 0 Å². The van der Waals surface area contributed by atoms with Crippen LogP contribution in [0.3, 0.4) is 0 Å². The number of ether oxygens (including phenoxy) is 8. The Kier molecular flexibility index (Phi) is 36.8. The fourth-order valence-corrected chi connectivity index (χ4v) is 19.7. The van der Waals surface area contributed by atoms with Gasteiger partial charge in [-0.15, -0.1) is 0 Å². The Hall–Kier alpha value is -4.24. The van der Waals surface area contributed by atoms with E-state index in [1.165, 1.54) is 64.2 Å². The van der Waals surface area contributed by atoms with E-state index in [1.807, 2.05) is 62.3 Å². The Bertz CT molecular complexity index is 2540. The molecule has 0 aromatic carbocycles. The van der Waals surface area contributed by atoms with E-state index in [0.29, 0.717) is 41.9 Å². The lowest BCUT2D eigenvalue weighted by atomic mass is 9.50. The molecule has 0 amide bonds. The second kappa shape index (κ2) is 39.2. The van der Waals surface area contributed by atoms with Crippen molar-refractivity contribution in [1.82, 2.24) is 0 Å². The van der Waals surface area contributed by atoms with Crippen molar-refractivity contribution in [1.29, 1.82) is 0 Å². The lowest BCUT2D eigenvalue weighted by Gasteiger charge is -2.59. The Morgan fingerprint density at radius 2 is 0.730 bits per heavy atom. The number of fused-ring (bicyclic) bond motifs is 4. The molecule has 100 heavy (non-hydrogen) atoms. The number of rotatable bonds is 21. The molecule has 14 rings (SSSR count). The van der Waals surface area contributed by atoms with Crippen LogP contribution in [0.15, 0.2) is 0 Å². The number of esters is 8. The summed E-state index contributed by atoms with van der Waals surface area (Å²) in [6, 6.07) is 0. The summed E-state index contributed by atoms with van der Waals surface area (Å²) in [4.78, 5) is 97.7. The van der Waals surface area contributed by atoms with Crippen LogP contribution < -0.4 is 0 Å². The van der Waals surface area contributed by atoms with Crippen LogP contribution in [0.1, 0.15) is 336 Å². The zero-order chi connectivity index (χ0) is 66.7. The number of hydrogen-bond donors (Lipinski definition) is 0. The average Bonchev–Trinajstić information content (AvgIpc) is 1.21. The minimum absolute atomic E-state index is 0. The Balaban J connectivity index is 0.000000650. The zero-order valence-corrected chi connectivity index (χ0v) is 58.9. The maximum atomic E-state index is 12.8. The maximum Gasteiger partial charge on any atom is 0.344 e. The lowest BCUT2D eigenvalue weighted by Crippen LogP contribution is -2.58. The molecule has 11 atom stereocenters. The van der Waals surface area contributed by atoms with Gasteiger partial charge in [0.2, 0.25) is 0 Å². The summed E-state index contributed by atoms with van der Waals surface area (Å²) >= 11 is 0. The summed E-state index contributed by atoms with van der Waals surface area (Å²) in [6.45, 7) is 25.0. The first-order chi connectivity index (χ1) is 43.6. The largest absolute Gasteiger partial charge is 0.462 e. The minimum atomic E-state index is -0.549. The van der Waals surface area contributed by atoms with Gasteiger partial charge < -0.3 is 37.9 Å². The van der Waals surface area contributed by atoms with Crippen molar-refractivity contribution in [3.63, 3.8) is 0 Å². The summed E-state index contributed by atoms with van der Waals surface area (Å²) in [7, 11) is 0. The van der Waals surface area contributed by atoms with E-state index < -0.39 is 5.41 Å². The van der Waals surface area contributed by atoms with Crippen molar-refractivity contribution >= 4 is 47.8 Å². The third kappa shape index (κ3) is 21.5. The van der Waals surface area contributed by atoms with Crippen molar-refractivity contribution < 1.29 is 76.3 Å². The fraction of sp³-hybridized carbons (Fsp3) is 0.905. The zero-order valence-electron chi connectivity index (χ0n) is 58.9. The Morgan fingerprint density at radius 1 is 0.400 bits per heavy atom. The lowest BCUT2D eigenvalue weighted by molar-refractivity contribution is -0.208. The highest BCUT2D eigenvalue weighted by Crippen LogP contribution is 2.61. The van der Waals surface area contributed by atoms with Crippen molar-refractivity contribution in [2.45, 2.75) is 370 Å². The van der Waals surface area contributed by atoms with Gasteiger partial charge in [-0.25, -0.2) is 9.59 Å². The minimum Gasteiger partial charge on any atom is -0.462 e. The predicted octanol–water partition coefficient (Wildman–Crippen LogP) is 20.3. The van der Waals surface area contributed by atoms with Gasteiger partial charge >= 0.3 is 47.8 Å². The fourth-order valence-electron chi connectivity index (χ4n) is 19.7. The second-order valence-corrected chi connectivity index (χ2v) is 33.2. The van der Waals surface area contributed by atoms with Crippen molar-refractivity contribution in [2.75, 3.05) is 13.2 Å². The van der Waals surface area contributed by atoms with Gasteiger partial charge in [-0.05, 0) is 280 Å². The van der Waals surface area contributed by atoms with Crippen LogP contribution in [0, 0.1) is 106 Å². The summed E-state index contributed by atoms with van der Waals surface area (Å²) in [5, 5.41) is 0. The molecular weight excluding hydrogens is 1260 g/mol. The maximum absolute atomic E-state index is 12.8. The van der Waals surface area contributed by atoms with E-state index in [9.17, 15) is 38.4 Å². The molecule has 0 spiro atoms. The van der Waals surface area contributed by atoms with E-state index in [0.717, 1.165) is 139 Å². The molecule has 14 aliphatic carbocycles. The van der Waals surface area contributed by atoms with Gasteiger partial charge in [-0.3, -0.25) is 28.8 Å². The summed E-state index contributed by atoms with van der Waals surface area (Å²) in [5.41, 5.74) is -1.72. The molecule has 0 aromatic rings. The Labute approximate surface area is 610 Å². The smallest absolute Gasteiger partial charge is 0.344 e. The molecule has 14 fully saturated rings. The molecular formula is C84H152O16. The SMILES string of the molecule is C.C.C.C.C.C.C.C.CCC(C)(C)C(=O)OCC(=O)OC1(C)C2CC3CC(C2)CC1C3.CCC(C)C(=O)OC1CC2CC(C(=O)OC3(C)CCCC3)C1C2.CCC(C)C(=O)OC1CC2CC(C(=O)OC3(CC)CCCC3)C1C2.CCC(C)C(=O)OCC(=O)OC1(C)C2CC3CC(C2)CC1C3. The molecule has 0 N–H and O–H groups in total. The highest BCUT2D eigenvalue weighted by atomic mass is 16.6. The molecule has 0 aromatic heterocycles. The molecule has 584 valence electrons. The van der Waals surface area contributed by atoms with Crippen LogP contribution in [0.5, 0.6) is 0 Å². The Morgan fingerprint density at radius 3 is 1.07 bits per heavy atom. The molecule has 0 radical (unpaired) electrons. The topological polar surface area (TPSA) is 210 Å². The molecule has 14 saturated carbocycles. The van der Waals surface area contributed by atoms with Crippen LogP contribution in [0.25, 0.3) is 0 Å².